The van der Waals surface area contributed by atoms with Gasteiger partial charge in [-0.1, -0.05) is 49.8 Å². The lowest BCUT2D eigenvalue weighted by Gasteiger charge is -2.16. The smallest absolute Gasteiger partial charge is 0.0771 e. The van der Waals surface area contributed by atoms with Crippen molar-refractivity contribution in [3.05, 3.63) is 35.4 Å². The summed E-state index contributed by atoms with van der Waals surface area (Å²) in [5.74, 6) is 0. The molecule has 0 fully saturated rings. The van der Waals surface area contributed by atoms with E-state index in [0.717, 1.165) is 13.1 Å². The highest BCUT2D eigenvalue weighted by Crippen LogP contribution is 2.09. The van der Waals surface area contributed by atoms with Crippen LogP contribution in [0.15, 0.2) is 24.3 Å². The Hall–Kier alpha value is -0.930. The molecule has 0 saturated carbocycles. The molecule has 2 N–H and O–H groups in total. The molecular weight excluding hydrogens is 228 g/mol. The molecule has 0 bridgehead atoms. The van der Waals surface area contributed by atoms with Crippen LogP contribution in [0.3, 0.4) is 0 Å². The molecule has 1 aromatic rings. The van der Waals surface area contributed by atoms with Crippen molar-refractivity contribution < 1.29 is 0 Å². The highest BCUT2D eigenvalue weighted by molar-refractivity contribution is 7.80. The van der Waals surface area contributed by atoms with Crippen LogP contribution in [0, 0.1) is 0 Å². The number of unbranched alkanes of at least 4 members (excludes halogenated alkanes) is 1. The first-order valence-electron chi connectivity index (χ1n) is 6.16. The minimum atomic E-state index is 0.557. The number of rotatable bonds is 7. The van der Waals surface area contributed by atoms with Crippen molar-refractivity contribution in [2.75, 3.05) is 13.6 Å². The van der Waals surface area contributed by atoms with Gasteiger partial charge in [-0.2, -0.15) is 0 Å². The van der Waals surface area contributed by atoms with Crippen LogP contribution >= 0.6 is 12.2 Å². The molecule has 0 aromatic heterocycles. The molecule has 0 amide bonds. The Balaban J connectivity index is 2.55. The predicted octanol–water partition coefficient (Wildman–Crippen LogP) is 2.75. The Kier molecular flexibility index (Phi) is 6.16. The zero-order valence-electron chi connectivity index (χ0n) is 10.8. The number of hydrogen-bond donors (Lipinski definition) is 1. The van der Waals surface area contributed by atoms with Crippen molar-refractivity contribution in [2.45, 2.75) is 32.7 Å². The van der Waals surface area contributed by atoms with E-state index in [1.807, 2.05) is 0 Å². The molecule has 0 aliphatic rings. The molecule has 0 aliphatic carbocycles. The molecule has 0 unspecified atom stereocenters. The third-order valence-corrected chi connectivity index (χ3v) is 2.86. The third kappa shape index (κ3) is 5.80. The Morgan fingerprint density at radius 1 is 1.35 bits per heavy atom. The molecule has 17 heavy (non-hydrogen) atoms. The highest BCUT2D eigenvalue weighted by Gasteiger charge is 2.01. The van der Waals surface area contributed by atoms with Crippen molar-refractivity contribution in [1.29, 1.82) is 0 Å². The van der Waals surface area contributed by atoms with E-state index in [4.69, 9.17) is 18.0 Å². The third-order valence-electron chi connectivity index (χ3n) is 2.72. The van der Waals surface area contributed by atoms with Gasteiger partial charge >= 0.3 is 0 Å². The first-order chi connectivity index (χ1) is 8.11. The van der Waals surface area contributed by atoms with E-state index in [1.54, 1.807) is 0 Å². The van der Waals surface area contributed by atoms with Crippen molar-refractivity contribution in [2.24, 2.45) is 5.73 Å². The molecule has 0 saturated heterocycles. The summed E-state index contributed by atoms with van der Waals surface area (Å²) in [6.45, 7) is 4.36. The molecule has 0 heterocycles. The molecule has 2 nitrogen and oxygen atoms in total. The minimum absolute atomic E-state index is 0.557. The number of thiocarbonyl (C=S) groups is 1. The number of hydrogen-bond acceptors (Lipinski definition) is 2. The fraction of sp³-hybridized carbons (Fsp3) is 0.500. The van der Waals surface area contributed by atoms with E-state index in [2.05, 4.69) is 43.1 Å². The number of nitrogens with zero attached hydrogens (tertiary/aromatic N) is 1. The van der Waals surface area contributed by atoms with Gasteiger partial charge in [-0.05, 0) is 31.1 Å². The molecule has 1 rings (SSSR count). The average molecular weight is 250 g/mol. The topological polar surface area (TPSA) is 29.3 Å². The lowest BCUT2D eigenvalue weighted by atomic mass is 10.1. The zero-order chi connectivity index (χ0) is 12.7. The van der Waals surface area contributed by atoms with Gasteiger partial charge in [0.15, 0.2) is 0 Å². The molecular formula is C14H22N2S. The maximum Gasteiger partial charge on any atom is 0.0771 e. The first kappa shape index (κ1) is 14.1. The summed E-state index contributed by atoms with van der Waals surface area (Å²) < 4.78 is 0. The molecule has 0 aliphatic heterocycles. The van der Waals surface area contributed by atoms with Crippen molar-refractivity contribution >= 4 is 17.2 Å². The van der Waals surface area contributed by atoms with Crippen molar-refractivity contribution in [3.8, 4) is 0 Å². The summed E-state index contributed by atoms with van der Waals surface area (Å²) >= 11 is 4.93. The molecule has 3 heteroatoms. The van der Waals surface area contributed by atoms with Gasteiger partial charge in [-0.15, -0.1) is 0 Å². The van der Waals surface area contributed by atoms with Crippen LogP contribution in [0.25, 0.3) is 0 Å². The Morgan fingerprint density at radius 2 is 2.06 bits per heavy atom. The fourth-order valence-electron chi connectivity index (χ4n) is 1.86. The number of nitrogens with two attached hydrogens (primary N) is 1. The van der Waals surface area contributed by atoms with E-state index in [1.165, 1.54) is 24.0 Å². The molecule has 94 valence electrons. The lowest BCUT2D eigenvalue weighted by molar-refractivity contribution is 0.321. The van der Waals surface area contributed by atoms with Crippen LogP contribution in [0.1, 0.15) is 30.9 Å². The molecule has 0 atom stereocenters. The first-order valence-corrected chi connectivity index (χ1v) is 6.57. The van der Waals surface area contributed by atoms with E-state index in [9.17, 15) is 0 Å². The van der Waals surface area contributed by atoms with Gasteiger partial charge in [-0.3, -0.25) is 0 Å². The average Bonchev–Trinajstić information content (AvgIpc) is 2.26. The Bertz CT molecular complexity index is 363. The van der Waals surface area contributed by atoms with Gasteiger partial charge < -0.3 is 10.6 Å². The van der Waals surface area contributed by atoms with Gasteiger partial charge in [0.1, 0.15) is 0 Å². The standard InChI is InChI=1S/C14H22N2S/c1-3-4-8-16(2)11-13-7-5-6-12(9-13)10-14(15)17/h5-7,9H,3-4,8,10-11H2,1-2H3,(H2,15,17). The highest BCUT2D eigenvalue weighted by atomic mass is 32.1. The summed E-state index contributed by atoms with van der Waals surface area (Å²) in [6, 6.07) is 8.51. The second-order valence-electron chi connectivity index (χ2n) is 4.55. The van der Waals surface area contributed by atoms with E-state index >= 15 is 0 Å². The van der Waals surface area contributed by atoms with E-state index in [0.29, 0.717) is 11.4 Å². The number of benzene rings is 1. The minimum Gasteiger partial charge on any atom is -0.393 e. The molecule has 0 radical (unpaired) electrons. The van der Waals surface area contributed by atoms with E-state index < -0.39 is 0 Å². The van der Waals surface area contributed by atoms with Gasteiger partial charge in [0, 0.05) is 13.0 Å². The maximum atomic E-state index is 5.56. The quantitative estimate of drug-likeness (QED) is 0.755. The Morgan fingerprint density at radius 3 is 2.71 bits per heavy atom. The Labute approximate surface area is 110 Å². The normalized spacial score (nSPS) is 10.8. The van der Waals surface area contributed by atoms with Gasteiger partial charge in [0.05, 0.1) is 4.99 Å². The zero-order valence-corrected chi connectivity index (χ0v) is 11.6. The van der Waals surface area contributed by atoms with E-state index in [-0.39, 0.29) is 0 Å². The summed E-state index contributed by atoms with van der Waals surface area (Å²) in [4.78, 5) is 2.91. The maximum absolute atomic E-state index is 5.56. The van der Waals surface area contributed by atoms with Crippen LogP contribution in [-0.4, -0.2) is 23.5 Å². The van der Waals surface area contributed by atoms with Crippen LogP contribution in [0.2, 0.25) is 0 Å². The van der Waals surface area contributed by atoms with Crippen LogP contribution in [0.5, 0.6) is 0 Å². The summed E-state index contributed by atoms with van der Waals surface area (Å²) in [6.07, 6.45) is 3.19. The van der Waals surface area contributed by atoms with Crippen molar-refractivity contribution in [1.82, 2.24) is 4.90 Å². The van der Waals surface area contributed by atoms with Gasteiger partial charge in [0.25, 0.3) is 0 Å². The van der Waals surface area contributed by atoms with Crippen molar-refractivity contribution in [3.63, 3.8) is 0 Å². The predicted molar refractivity (Wildman–Crippen MR) is 78.2 cm³/mol. The summed E-state index contributed by atoms with van der Waals surface area (Å²) in [7, 11) is 2.16. The van der Waals surface area contributed by atoms with Crippen LogP contribution in [-0.2, 0) is 13.0 Å². The fourth-order valence-corrected chi connectivity index (χ4v) is 2.02. The second kappa shape index (κ2) is 7.41. The van der Waals surface area contributed by atoms with Gasteiger partial charge in [-0.25, -0.2) is 0 Å². The SMILES string of the molecule is CCCCN(C)Cc1cccc(CC(N)=S)c1. The van der Waals surface area contributed by atoms with Crippen LogP contribution < -0.4 is 5.73 Å². The summed E-state index contributed by atoms with van der Waals surface area (Å²) in [5, 5.41) is 0. The molecule has 1 aromatic carbocycles. The lowest BCUT2D eigenvalue weighted by Crippen LogP contribution is -2.19. The molecule has 0 spiro atoms. The largest absolute Gasteiger partial charge is 0.393 e. The monoisotopic (exact) mass is 250 g/mol. The van der Waals surface area contributed by atoms with Crippen LogP contribution in [0.4, 0.5) is 0 Å². The summed E-state index contributed by atoms with van der Waals surface area (Å²) in [5.41, 5.74) is 8.10. The second-order valence-corrected chi connectivity index (χ2v) is 5.08. The van der Waals surface area contributed by atoms with Gasteiger partial charge in [0.2, 0.25) is 0 Å².